The fourth-order valence-corrected chi connectivity index (χ4v) is 4.59. The molecule has 0 saturated carbocycles. The number of sulfonamides is 1. The minimum Gasteiger partial charge on any atom is -0.352 e. The average Bonchev–Trinajstić information content (AvgIpc) is 2.67. The van der Waals surface area contributed by atoms with Crippen molar-refractivity contribution in [3.8, 4) is 0 Å². The Kier molecular flexibility index (Phi) is 5.68. The number of nitrogens with one attached hydrogen (secondary N) is 1. The van der Waals surface area contributed by atoms with Gasteiger partial charge in [0.1, 0.15) is 0 Å². The molecule has 1 amide bonds. The highest BCUT2D eigenvalue weighted by molar-refractivity contribution is 7.89. The Morgan fingerprint density at radius 1 is 1.27 bits per heavy atom. The zero-order chi connectivity index (χ0) is 18.6. The molecule has 1 aliphatic heterocycles. The maximum absolute atomic E-state index is 12.8. The zero-order valence-corrected chi connectivity index (χ0v) is 15.6. The Morgan fingerprint density at radius 2 is 2.04 bits per heavy atom. The van der Waals surface area contributed by atoms with Crippen LogP contribution in [0, 0.1) is 12.8 Å². The minimum atomic E-state index is -3.57. The summed E-state index contributed by atoms with van der Waals surface area (Å²) in [7, 11) is -3.57. The quantitative estimate of drug-likeness (QED) is 0.871. The summed E-state index contributed by atoms with van der Waals surface area (Å²) in [5.41, 5.74) is 1.93. The van der Waals surface area contributed by atoms with Crippen molar-refractivity contribution in [1.82, 2.24) is 14.6 Å². The van der Waals surface area contributed by atoms with E-state index in [1.165, 1.54) is 4.31 Å². The van der Waals surface area contributed by atoms with Gasteiger partial charge in [-0.3, -0.25) is 9.78 Å². The van der Waals surface area contributed by atoms with Crippen LogP contribution in [0.15, 0.2) is 53.7 Å². The normalized spacial score (nSPS) is 18.4. The molecule has 0 aliphatic carbocycles. The van der Waals surface area contributed by atoms with Crippen LogP contribution in [0.3, 0.4) is 0 Å². The van der Waals surface area contributed by atoms with Crippen molar-refractivity contribution in [2.24, 2.45) is 5.92 Å². The summed E-state index contributed by atoms with van der Waals surface area (Å²) in [5.74, 6) is -0.446. The van der Waals surface area contributed by atoms with E-state index in [-0.39, 0.29) is 23.3 Å². The fourth-order valence-electron chi connectivity index (χ4n) is 3.07. The third-order valence-corrected chi connectivity index (χ3v) is 6.48. The van der Waals surface area contributed by atoms with Crippen LogP contribution in [0.5, 0.6) is 0 Å². The van der Waals surface area contributed by atoms with Gasteiger partial charge in [-0.1, -0.05) is 23.8 Å². The van der Waals surface area contributed by atoms with Gasteiger partial charge in [-0.05, 0) is 43.5 Å². The molecule has 26 heavy (non-hydrogen) atoms. The summed E-state index contributed by atoms with van der Waals surface area (Å²) >= 11 is 0. The molecule has 1 saturated heterocycles. The Hall–Kier alpha value is -2.25. The molecule has 2 aromatic rings. The van der Waals surface area contributed by atoms with E-state index < -0.39 is 10.0 Å². The summed E-state index contributed by atoms with van der Waals surface area (Å²) in [6.07, 6.45) is 4.75. The van der Waals surface area contributed by atoms with Gasteiger partial charge in [0.2, 0.25) is 15.9 Å². The molecule has 1 aliphatic rings. The van der Waals surface area contributed by atoms with Crippen molar-refractivity contribution in [3.05, 3.63) is 59.9 Å². The molecule has 6 nitrogen and oxygen atoms in total. The molecule has 138 valence electrons. The summed E-state index contributed by atoms with van der Waals surface area (Å²) in [6.45, 7) is 2.98. The molecular weight excluding hydrogens is 350 g/mol. The lowest BCUT2D eigenvalue weighted by molar-refractivity contribution is -0.126. The van der Waals surface area contributed by atoms with Crippen LogP contribution in [-0.2, 0) is 21.4 Å². The maximum atomic E-state index is 12.8. The molecule has 1 N–H and O–H groups in total. The van der Waals surface area contributed by atoms with Crippen LogP contribution in [0.2, 0.25) is 0 Å². The first-order valence-electron chi connectivity index (χ1n) is 8.70. The molecule has 1 fully saturated rings. The second kappa shape index (κ2) is 7.97. The molecule has 2 heterocycles. The van der Waals surface area contributed by atoms with Crippen molar-refractivity contribution < 1.29 is 13.2 Å². The first kappa shape index (κ1) is 18.5. The number of aryl methyl sites for hydroxylation is 1. The van der Waals surface area contributed by atoms with Crippen molar-refractivity contribution in [2.75, 3.05) is 13.1 Å². The topological polar surface area (TPSA) is 79.4 Å². The molecule has 0 bridgehead atoms. The van der Waals surface area contributed by atoms with Gasteiger partial charge in [-0.15, -0.1) is 0 Å². The van der Waals surface area contributed by atoms with E-state index in [0.29, 0.717) is 25.9 Å². The van der Waals surface area contributed by atoms with Crippen LogP contribution < -0.4 is 5.32 Å². The Balaban J connectivity index is 1.64. The first-order chi connectivity index (χ1) is 12.5. The number of nitrogens with zero attached hydrogens (tertiary/aromatic N) is 2. The SMILES string of the molecule is Cc1ccc(S(=O)(=O)N2CCC[C@H](C(=O)NCc3cccnc3)C2)cc1. The number of carbonyl (C=O) groups is 1. The van der Waals surface area contributed by atoms with E-state index in [2.05, 4.69) is 10.3 Å². The molecule has 0 radical (unpaired) electrons. The molecular formula is C19H23N3O3S. The lowest BCUT2D eigenvalue weighted by Crippen LogP contribution is -2.45. The highest BCUT2D eigenvalue weighted by Gasteiger charge is 2.33. The molecule has 1 atom stereocenters. The van der Waals surface area contributed by atoms with Crippen LogP contribution in [0.25, 0.3) is 0 Å². The van der Waals surface area contributed by atoms with Gasteiger partial charge in [-0.2, -0.15) is 4.31 Å². The van der Waals surface area contributed by atoms with Gasteiger partial charge in [0, 0.05) is 32.0 Å². The lowest BCUT2D eigenvalue weighted by Gasteiger charge is -2.31. The summed E-state index contributed by atoms with van der Waals surface area (Å²) in [6, 6.07) is 10.5. The number of aromatic nitrogens is 1. The highest BCUT2D eigenvalue weighted by Crippen LogP contribution is 2.24. The van der Waals surface area contributed by atoms with Crippen LogP contribution in [0.1, 0.15) is 24.0 Å². The fraction of sp³-hybridized carbons (Fsp3) is 0.368. The largest absolute Gasteiger partial charge is 0.352 e. The monoisotopic (exact) mass is 373 g/mol. The zero-order valence-electron chi connectivity index (χ0n) is 14.8. The molecule has 0 spiro atoms. The van der Waals surface area contributed by atoms with Crippen molar-refractivity contribution in [2.45, 2.75) is 31.2 Å². The number of benzene rings is 1. The van der Waals surface area contributed by atoms with Gasteiger partial charge in [0.25, 0.3) is 0 Å². The van der Waals surface area contributed by atoms with E-state index >= 15 is 0 Å². The van der Waals surface area contributed by atoms with E-state index in [1.54, 1.807) is 36.7 Å². The summed E-state index contributed by atoms with van der Waals surface area (Å²) in [4.78, 5) is 16.8. The number of pyridine rings is 1. The van der Waals surface area contributed by atoms with Gasteiger partial charge >= 0.3 is 0 Å². The van der Waals surface area contributed by atoms with Crippen molar-refractivity contribution >= 4 is 15.9 Å². The third kappa shape index (κ3) is 4.28. The maximum Gasteiger partial charge on any atom is 0.243 e. The number of carbonyl (C=O) groups excluding carboxylic acids is 1. The van der Waals surface area contributed by atoms with E-state index in [9.17, 15) is 13.2 Å². The Bertz CT molecular complexity index is 851. The molecule has 3 rings (SSSR count). The minimum absolute atomic E-state index is 0.113. The molecule has 1 aromatic carbocycles. The predicted octanol–water partition coefficient (Wildman–Crippen LogP) is 2.11. The molecule has 7 heteroatoms. The van der Waals surface area contributed by atoms with E-state index in [1.807, 2.05) is 19.1 Å². The number of hydrogen-bond acceptors (Lipinski definition) is 4. The number of rotatable bonds is 5. The van der Waals surface area contributed by atoms with Crippen LogP contribution in [-0.4, -0.2) is 36.7 Å². The predicted molar refractivity (Wildman–Crippen MR) is 98.7 cm³/mol. The Labute approximate surface area is 154 Å². The summed E-state index contributed by atoms with van der Waals surface area (Å²) < 4.78 is 27.1. The van der Waals surface area contributed by atoms with Crippen LogP contribution >= 0.6 is 0 Å². The van der Waals surface area contributed by atoms with E-state index in [0.717, 1.165) is 11.1 Å². The van der Waals surface area contributed by atoms with Crippen molar-refractivity contribution in [3.63, 3.8) is 0 Å². The van der Waals surface area contributed by atoms with Crippen molar-refractivity contribution in [1.29, 1.82) is 0 Å². The smallest absolute Gasteiger partial charge is 0.243 e. The average molecular weight is 373 g/mol. The summed E-state index contributed by atoms with van der Waals surface area (Å²) in [5, 5.41) is 2.89. The lowest BCUT2D eigenvalue weighted by atomic mass is 9.99. The first-order valence-corrected chi connectivity index (χ1v) is 10.1. The number of piperidine rings is 1. The Morgan fingerprint density at radius 3 is 2.73 bits per heavy atom. The van der Waals surface area contributed by atoms with Gasteiger partial charge in [-0.25, -0.2) is 8.42 Å². The van der Waals surface area contributed by atoms with Gasteiger partial charge in [0.15, 0.2) is 0 Å². The molecule has 0 unspecified atom stereocenters. The molecule has 1 aromatic heterocycles. The van der Waals surface area contributed by atoms with E-state index in [4.69, 9.17) is 0 Å². The standard InChI is InChI=1S/C19H23N3O3S/c1-15-6-8-18(9-7-15)26(24,25)22-11-3-5-17(14-22)19(23)21-13-16-4-2-10-20-12-16/h2,4,6-10,12,17H,3,5,11,13-14H2,1H3,(H,21,23)/t17-/m0/s1. The second-order valence-corrected chi connectivity index (χ2v) is 8.53. The highest BCUT2D eigenvalue weighted by atomic mass is 32.2. The third-order valence-electron chi connectivity index (χ3n) is 4.60. The number of amides is 1. The van der Waals surface area contributed by atoms with Crippen LogP contribution in [0.4, 0.5) is 0 Å². The van der Waals surface area contributed by atoms with Gasteiger partial charge in [0.05, 0.1) is 10.8 Å². The second-order valence-electron chi connectivity index (χ2n) is 6.59. The van der Waals surface area contributed by atoms with Gasteiger partial charge < -0.3 is 5.32 Å². The number of hydrogen-bond donors (Lipinski definition) is 1.